The molecule has 2 amide bonds. The number of nitrogens with one attached hydrogen (secondary N) is 1. The van der Waals surface area contributed by atoms with E-state index in [2.05, 4.69) is 5.32 Å². The second-order valence-electron chi connectivity index (χ2n) is 10.6. The standard InChI is InChI=1S/C30H36ClN3O5S/c1-22(29(36)32-30(2,3)4)33(19-24-13-9-10-14-27(24)31)28(35)20-34(40(5,37)38)25-15-17-26(18-16-25)39-21-23-11-7-6-8-12-23/h6-18,22H,19-21H2,1-5H3,(H,32,36)/t22-/m0/s1. The Kier molecular flexibility index (Phi) is 10.2. The lowest BCUT2D eigenvalue weighted by Gasteiger charge is -2.33. The Morgan fingerprint density at radius 2 is 1.55 bits per heavy atom. The van der Waals surface area contributed by atoms with E-state index >= 15 is 0 Å². The fourth-order valence-electron chi connectivity index (χ4n) is 3.93. The number of halogens is 1. The number of hydrogen-bond donors (Lipinski definition) is 1. The number of amides is 2. The van der Waals surface area contributed by atoms with Gasteiger partial charge in [-0.1, -0.05) is 60.1 Å². The van der Waals surface area contributed by atoms with Crippen molar-refractivity contribution in [2.24, 2.45) is 0 Å². The van der Waals surface area contributed by atoms with E-state index in [1.165, 1.54) is 4.90 Å². The average molecular weight is 586 g/mol. The molecule has 0 aromatic heterocycles. The maximum Gasteiger partial charge on any atom is 0.244 e. The molecule has 40 heavy (non-hydrogen) atoms. The zero-order valence-corrected chi connectivity index (χ0v) is 25.0. The summed E-state index contributed by atoms with van der Waals surface area (Å²) in [7, 11) is -3.85. The van der Waals surface area contributed by atoms with Crippen LogP contribution in [0, 0.1) is 0 Å². The van der Waals surface area contributed by atoms with E-state index in [0.29, 0.717) is 28.6 Å². The Hall–Kier alpha value is -3.56. The molecular weight excluding hydrogens is 550 g/mol. The molecule has 3 aromatic carbocycles. The largest absolute Gasteiger partial charge is 0.489 e. The van der Waals surface area contributed by atoms with Gasteiger partial charge in [-0.3, -0.25) is 13.9 Å². The molecular formula is C30H36ClN3O5S. The van der Waals surface area contributed by atoms with Crippen LogP contribution in [-0.2, 0) is 32.8 Å². The van der Waals surface area contributed by atoms with Crippen LogP contribution in [0.5, 0.6) is 5.75 Å². The third-order valence-corrected chi connectivity index (χ3v) is 7.53. The Morgan fingerprint density at radius 3 is 2.12 bits per heavy atom. The van der Waals surface area contributed by atoms with Gasteiger partial charge in [-0.25, -0.2) is 8.42 Å². The molecule has 0 unspecified atom stereocenters. The number of anilines is 1. The average Bonchev–Trinajstić information content (AvgIpc) is 2.89. The lowest BCUT2D eigenvalue weighted by atomic mass is 10.1. The van der Waals surface area contributed by atoms with Gasteiger partial charge in [-0.05, 0) is 69.2 Å². The van der Waals surface area contributed by atoms with Crippen molar-refractivity contribution in [3.8, 4) is 5.75 Å². The Labute approximate surface area is 241 Å². The van der Waals surface area contributed by atoms with Crippen molar-refractivity contribution in [1.82, 2.24) is 10.2 Å². The summed E-state index contributed by atoms with van der Waals surface area (Å²) in [6.07, 6.45) is 1.04. The van der Waals surface area contributed by atoms with Gasteiger partial charge in [0.05, 0.1) is 11.9 Å². The fraction of sp³-hybridized carbons (Fsp3) is 0.333. The van der Waals surface area contributed by atoms with Crippen molar-refractivity contribution < 1.29 is 22.7 Å². The van der Waals surface area contributed by atoms with Gasteiger partial charge in [0.2, 0.25) is 21.8 Å². The quantitative estimate of drug-likeness (QED) is 0.341. The van der Waals surface area contributed by atoms with Crippen LogP contribution in [-0.4, -0.2) is 49.5 Å². The Morgan fingerprint density at radius 1 is 0.950 bits per heavy atom. The number of carbonyl (C=O) groups excluding carboxylic acids is 2. The summed E-state index contributed by atoms with van der Waals surface area (Å²) in [4.78, 5) is 28.1. The summed E-state index contributed by atoms with van der Waals surface area (Å²) >= 11 is 6.36. The van der Waals surface area contributed by atoms with Gasteiger partial charge in [-0.15, -0.1) is 0 Å². The van der Waals surface area contributed by atoms with Crippen LogP contribution in [0.4, 0.5) is 5.69 Å². The molecule has 1 atom stereocenters. The maximum absolute atomic E-state index is 13.7. The topological polar surface area (TPSA) is 96.0 Å². The van der Waals surface area contributed by atoms with E-state index < -0.39 is 34.1 Å². The molecule has 8 nitrogen and oxygen atoms in total. The highest BCUT2D eigenvalue weighted by molar-refractivity contribution is 7.92. The zero-order valence-electron chi connectivity index (χ0n) is 23.4. The van der Waals surface area contributed by atoms with Crippen molar-refractivity contribution >= 4 is 39.1 Å². The molecule has 0 heterocycles. The number of ether oxygens (including phenoxy) is 1. The third-order valence-electron chi connectivity index (χ3n) is 6.02. The van der Waals surface area contributed by atoms with Crippen LogP contribution in [0.25, 0.3) is 0 Å². The molecule has 0 spiro atoms. The molecule has 0 radical (unpaired) electrons. The molecule has 3 aromatic rings. The summed E-state index contributed by atoms with van der Waals surface area (Å²) in [6.45, 7) is 7.03. The van der Waals surface area contributed by atoms with Crippen molar-refractivity contribution in [2.45, 2.75) is 52.4 Å². The molecule has 0 bridgehead atoms. The van der Waals surface area contributed by atoms with Crippen molar-refractivity contribution in [1.29, 1.82) is 0 Å². The van der Waals surface area contributed by atoms with Crippen LogP contribution in [0.15, 0.2) is 78.9 Å². The van der Waals surface area contributed by atoms with Gasteiger partial charge >= 0.3 is 0 Å². The summed E-state index contributed by atoms with van der Waals surface area (Å²) in [5.74, 6) is -0.356. The molecule has 3 rings (SSSR count). The predicted molar refractivity (Wildman–Crippen MR) is 159 cm³/mol. The molecule has 0 aliphatic carbocycles. The van der Waals surface area contributed by atoms with E-state index in [1.807, 2.05) is 51.1 Å². The number of rotatable bonds is 11. The predicted octanol–water partition coefficient (Wildman–Crippen LogP) is 5.02. The minimum absolute atomic E-state index is 0.0289. The Balaban J connectivity index is 1.84. The first-order valence-electron chi connectivity index (χ1n) is 12.8. The summed E-state index contributed by atoms with van der Waals surface area (Å²) in [5.41, 5.74) is 1.41. The Bertz CT molecular complexity index is 1410. The molecule has 0 saturated heterocycles. The first-order valence-corrected chi connectivity index (χ1v) is 15.1. The first kappa shape index (κ1) is 31.0. The van der Waals surface area contributed by atoms with Gasteiger partial charge in [0.1, 0.15) is 24.9 Å². The van der Waals surface area contributed by atoms with Gasteiger partial charge in [0, 0.05) is 17.1 Å². The number of carbonyl (C=O) groups is 2. The van der Waals surface area contributed by atoms with Gasteiger partial charge in [-0.2, -0.15) is 0 Å². The van der Waals surface area contributed by atoms with E-state index in [0.717, 1.165) is 16.1 Å². The lowest BCUT2D eigenvalue weighted by Crippen LogP contribution is -2.54. The fourth-order valence-corrected chi connectivity index (χ4v) is 4.98. The number of hydrogen-bond acceptors (Lipinski definition) is 5. The number of nitrogens with zero attached hydrogens (tertiary/aromatic N) is 2. The highest BCUT2D eigenvalue weighted by Crippen LogP contribution is 2.24. The van der Waals surface area contributed by atoms with Crippen LogP contribution in [0.1, 0.15) is 38.8 Å². The minimum Gasteiger partial charge on any atom is -0.489 e. The molecule has 0 aliphatic rings. The second kappa shape index (κ2) is 13.2. The smallest absolute Gasteiger partial charge is 0.244 e. The number of benzene rings is 3. The monoisotopic (exact) mass is 585 g/mol. The molecule has 0 aliphatic heterocycles. The van der Waals surface area contributed by atoms with Crippen LogP contribution >= 0.6 is 11.6 Å². The maximum atomic E-state index is 13.7. The highest BCUT2D eigenvalue weighted by atomic mass is 35.5. The van der Waals surface area contributed by atoms with E-state index in [1.54, 1.807) is 55.5 Å². The lowest BCUT2D eigenvalue weighted by molar-refractivity contribution is -0.140. The van der Waals surface area contributed by atoms with E-state index in [-0.39, 0.29) is 12.5 Å². The molecule has 10 heteroatoms. The van der Waals surface area contributed by atoms with E-state index in [4.69, 9.17) is 16.3 Å². The highest BCUT2D eigenvalue weighted by Gasteiger charge is 2.31. The van der Waals surface area contributed by atoms with Gasteiger partial charge in [0.25, 0.3) is 0 Å². The van der Waals surface area contributed by atoms with Crippen LogP contribution in [0.3, 0.4) is 0 Å². The van der Waals surface area contributed by atoms with Crippen molar-refractivity contribution in [3.05, 3.63) is 95.0 Å². The molecule has 214 valence electrons. The van der Waals surface area contributed by atoms with Crippen molar-refractivity contribution in [3.63, 3.8) is 0 Å². The molecule has 1 N–H and O–H groups in total. The normalized spacial score (nSPS) is 12.3. The summed E-state index contributed by atoms with van der Waals surface area (Å²) < 4.78 is 32.5. The number of sulfonamides is 1. The third kappa shape index (κ3) is 8.99. The molecule has 0 fully saturated rings. The summed E-state index contributed by atoms with van der Waals surface area (Å²) in [5, 5.41) is 3.33. The van der Waals surface area contributed by atoms with E-state index in [9.17, 15) is 18.0 Å². The minimum atomic E-state index is -3.85. The van der Waals surface area contributed by atoms with Gasteiger partial charge < -0.3 is 15.0 Å². The molecule has 0 saturated carbocycles. The first-order chi connectivity index (χ1) is 18.7. The van der Waals surface area contributed by atoms with Gasteiger partial charge in [0.15, 0.2) is 0 Å². The van der Waals surface area contributed by atoms with Crippen LogP contribution in [0.2, 0.25) is 5.02 Å². The van der Waals surface area contributed by atoms with Crippen LogP contribution < -0.4 is 14.4 Å². The second-order valence-corrected chi connectivity index (χ2v) is 12.9. The SMILES string of the molecule is C[C@@H](C(=O)NC(C)(C)C)N(Cc1ccccc1Cl)C(=O)CN(c1ccc(OCc2ccccc2)cc1)S(C)(=O)=O. The summed E-state index contributed by atoms with van der Waals surface area (Å²) in [6, 6.07) is 22.3. The zero-order chi connectivity index (χ0) is 29.5. The van der Waals surface area contributed by atoms with Crippen molar-refractivity contribution in [2.75, 3.05) is 17.1 Å².